The number of amides is 1. The third-order valence-corrected chi connectivity index (χ3v) is 3.33. The number of likely N-dealkylation sites (N-methyl/N-ethyl adjacent to an activating group) is 1. The van der Waals surface area contributed by atoms with E-state index in [0.717, 1.165) is 11.3 Å². The van der Waals surface area contributed by atoms with Crippen LogP contribution >= 0.6 is 0 Å². The molecule has 0 aliphatic carbocycles. The summed E-state index contributed by atoms with van der Waals surface area (Å²) in [6.45, 7) is 0.472. The number of nitrogens with zero attached hydrogens (tertiary/aromatic N) is 1. The van der Waals surface area contributed by atoms with Gasteiger partial charge in [-0.05, 0) is 18.1 Å². The first-order valence-corrected chi connectivity index (χ1v) is 6.39. The fourth-order valence-corrected chi connectivity index (χ4v) is 2.29. The van der Waals surface area contributed by atoms with Gasteiger partial charge < -0.3 is 15.3 Å². The van der Waals surface area contributed by atoms with Gasteiger partial charge in [-0.2, -0.15) is 0 Å². The van der Waals surface area contributed by atoms with Crippen LogP contribution in [0.3, 0.4) is 0 Å². The molecular weight excluding hydrogens is 244 g/mol. The molecule has 0 bridgehead atoms. The Balaban J connectivity index is 1.86. The first-order chi connectivity index (χ1) is 9.08. The monoisotopic (exact) mass is 262 g/mol. The van der Waals surface area contributed by atoms with Gasteiger partial charge in [-0.3, -0.25) is 9.59 Å². The summed E-state index contributed by atoms with van der Waals surface area (Å²) in [6.07, 6.45) is 1.27. The van der Waals surface area contributed by atoms with Gasteiger partial charge >= 0.3 is 5.97 Å². The highest BCUT2D eigenvalue weighted by molar-refractivity contribution is 5.87. The van der Waals surface area contributed by atoms with Crippen LogP contribution in [0.25, 0.3) is 0 Å². The Morgan fingerprint density at radius 1 is 1.42 bits per heavy atom. The quantitative estimate of drug-likeness (QED) is 0.840. The molecule has 0 aromatic heterocycles. The van der Waals surface area contributed by atoms with Gasteiger partial charge in [-0.25, -0.2) is 0 Å². The number of rotatable bonds is 5. The lowest BCUT2D eigenvalue weighted by Crippen LogP contribution is -2.40. The summed E-state index contributed by atoms with van der Waals surface area (Å²) in [6, 6.07) is 7.65. The van der Waals surface area contributed by atoms with E-state index in [4.69, 9.17) is 5.11 Å². The number of hydrogen-bond acceptors (Lipinski definition) is 3. The maximum atomic E-state index is 12.2. The molecule has 1 amide bonds. The first-order valence-electron chi connectivity index (χ1n) is 6.39. The first kappa shape index (κ1) is 13.4. The van der Waals surface area contributed by atoms with Gasteiger partial charge in [0, 0.05) is 32.1 Å². The number of fused-ring (bicyclic) bond motifs is 1. The molecule has 0 radical (unpaired) electrons. The van der Waals surface area contributed by atoms with E-state index in [1.165, 1.54) is 0 Å². The van der Waals surface area contributed by atoms with Crippen LogP contribution in [0.4, 0.5) is 5.69 Å². The highest BCUT2D eigenvalue weighted by atomic mass is 16.4. The minimum atomic E-state index is -0.827. The van der Waals surface area contributed by atoms with Crippen molar-refractivity contribution in [3.8, 4) is 0 Å². The molecule has 1 aromatic rings. The molecule has 1 heterocycles. The largest absolute Gasteiger partial charge is 0.481 e. The lowest BCUT2D eigenvalue weighted by molar-refractivity contribution is -0.138. The number of nitrogens with one attached hydrogen (secondary N) is 1. The van der Waals surface area contributed by atoms with Crippen LogP contribution in [0.1, 0.15) is 18.4 Å². The maximum absolute atomic E-state index is 12.2. The van der Waals surface area contributed by atoms with E-state index < -0.39 is 5.97 Å². The van der Waals surface area contributed by atoms with Crippen molar-refractivity contribution in [3.63, 3.8) is 0 Å². The second-order valence-corrected chi connectivity index (χ2v) is 4.82. The van der Waals surface area contributed by atoms with Crippen molar-refractivity contribution in [3.05, 3.63) is 29.8 Å². The van der Waals surface area contributed by atoms with Gasteiger partial charge in [-0.1, -0.05) is 18.2 Å². The summed E-state index contributed by atoms with van der Waals surface area (Å²) in [7, 11) is 1.72. The predicted octanol–water partition coefficient (Wildman–Crippen LogP) is 1.35. The Morgan fingerprint density at radius 3 is 2.84 bits per heavy atom. The number of hydrogen-bond donors (Lipinski definition) is 2. The Labute approximate surface area is 112 Å². The molecule has 5 heteroatoms. The Hall–Kier alpha value is -2.04. The van der Waals surface area contributed by atoms with Crippen LogP contribution in [0.5, 0.6) is 0 Å². The van der Waals surface area contributed by atoms with Gasteiger partial charge in [0.05, 0.1) is 0 Å². The van der Waals surface area contributed by atoms with Gasteiger partial charge in [0.25, 0.3) is 0 Å². The molecule has 1 aliphatic heterocycles. The number of carbonyl (C=O) groups is 2. The molecule has 19 heavy (non-hydrogen) atoms. The lowest BCUT2D eigenvalue weighted by Gasteiger charge is -2.21. The zero-order chi connectivity index (χ0) is 13.8. The molecule has 2 rings (SSSR count). The predicted molar refractivity (Wildman–Crippen MR) is 72.1 cm³/mol. The van der Waals surface area contributed by atoms with Crippen LogP contribution < -0.4 is 5.32 Å². The van der Waals surface area contributed by atoms with Gasteiger partial charge in [0.15, 0.2) is 0 Å². The fraction of sp³-hybridized carbons (Fsp3) is 0.429. The summed E-state index contributed by atoms with van der Waals surface area (Å²) >= 11 is 0. The molecule has 1 unspecified atom stereocenters. The third-order valence-electron chi connectivity index (χ3n) is 3.33. The van der Waals surface area contributed by atoms with E-state index in [2.05, 4.69) is 5.32 Å². The van der Waals surface area contributed by atoms with E-state index in [1.54, 1.807) is 11.9 Å². The second-order valence-electron chi connectivity index (χ2n) is 4.82. The molecule has 1 aromatic carbocycles. The van der Waals surface area contributed by atoms with Crippen molar-refractivity contribution in [2.75, 3.05) is 18.9 Å². The standard InChI is InChI=1S/C14H18N2O3/c1-16(8-4-7-13(17)18)14(19)12-9-10-5-2-3-6-11(10)15-12/h2-3,5-6,12,15H,4,7-9H2,1H3,(H,17,18). The van der Waals surface area contributed by atoms with Crippen molar-refractivity contribution in [1.82, 2.24) is 4.90 Å². The minimum absolute atomic E-state index is 0.0154. The SMILES string of the molecule is CN(CCCC(=O)O)C(=O)C1Cc2ccccc2N1. The van der Waals surface area contributed by atoms with Crippen LogP contribution in [0.2, 0.25) is 0 Å². The molecular formula is C14H18N2O3. The molecule has 1 atom stereocenters. The second kappa shape index (κ2) is 5.73. The molecule has 102 valence electrons. The zero-order valence-electron chi connectivity index (χ0n) is 10.9. The summed E-state index contributed by atoms with van der Waals surface area (Å²) in [5, 5.41) is 11.8. The van der Waals surface area contributed by atoms with Crippen LogP contribution in [-0.4, -0.2) is 41.5 Å². The molecule has 0 saturated carbocycles. The minimum Gasteiger partial charge on any atom is -0.481 e. The normalized spacial score (nSPS) is 16.6. The van der Waals surface area contributed by atoms with E-state index in [9.17, 15) is 9.59 Å². The van der Waals surface area contributed by atoms with E-state index >= 15 is 0 Å². The summed E-state index contributed by atoms with van der Waals surface area (Å²) in [5.74, 6) is -0.811. The van der Waals surface area contributed by atoms with Crippen molar-refractivity contribution in [1.29, 1.82) is 0 Å². The lowest BCUT2D eigenvalue weighted by atomic mass is 10.1. The zero-order valence-corrected chi connectivity index (χ0v) is 10.9. The number of carboxylic acids is 1. The van der Waals surface area contributed by atoms with Crippen molar-refractivity contribution in [2.24, 2.45) is 0 Å². The summed E-state index contributed by atoms with van der Waals surface area (Å²) in [4.78, 5) is 24.2. The van der Waals surface area contributed by atoms with Crippen molar-refractivity contribution >= 4 is 17.6 Å². The average molecular weight is 262 g/mol. The van der Waals surface area contributed by atoms with E-state index in [1.807, 2.05) is 24.3 Å². The molecule has 5 nitrogen and oxygen atoms in total. The topological polar surface area (TPSA) is 69.6 Å². The number of para-hydroxylation sites is 1. The Bertz CT molecular complexity index is 462. The maximum Gasteiger partial charge on any atom is 0.303 e. The van der Waals surface area contributed by atoms with E-state index in [0.29, 0.717) is 19.4 Å². The molecule has 1 aliphatic rings. The number of benzene rings is 1. The molecule has 0 spiro atoms. The van der Waals surface area contributed by atoms with Crippen molar-refractivity contribution in [2.45, 2.75) is 25.3 Å². The van der Waals surface area contributed by atoms with E-state index in [-0.39, 0.29) is 18.4 Å². The average Bonchev–Trinajstić information content (AvgIpc) is 2.80. The van der Waals surface area contributed by atoms with Crippen molar-refractivity contribution < 1.29 is 14.7 Å². The highest BCUT2D eigenvalue weighted by Crippen LogP contribution is 2.25. The van der Waals surface area contributed by atoms with Gasteiger partial charge in [0.2, 0.25) is 5.91 Å². The van der Waals surface area contributed by atoms with Crippen LogP contribution in [-0.2, 0) is 16.0 Å². The molecule has 0 fully saturated rings. The fourth-order valence-electron chi connectivity index (χ4n) is 2.29. The Kier molecular flexibility index (Phi) is 4.04. The van der Waals surface area contributed by atoms with Gasteiger partial charge in [-0.15, -0.1) is 0 Å². The van der Waals surface area contributed by atoms with Crippen LogP contribution in [0, 0.1) is 0 Å². The number of anilines is 1. The van der Waals surface area contributed by atoms with Gasteiger partial charge in [0.1, 0.15) is 6.04 Å². The molecule has 2 N–H and O–H groups in total. The third kappa shape index (κ3) is 3.24. The summed E-state index contributed by atoms with van der Waals surface area (Å²) in [5.41, 5.74) is 2.17. The highest BCUT2D eigenvalue weighted by Gasteiger charge is 2.28. The van der Waals surface area contributed by atoms with Crippen LogP contribution in [0.15, 0.2) is 24.3 Å². The smallest absolute Gasteiger partial charge is 0.303 e. The number of carboxylic acid groups (broad SMARTS) is 1. The number of carbonyl (C=O) groups excluding carboxylic acids is 1. The molecule has 0 saturated heterocycles. The summed E-state index contributed by atoms with van der Waals surface area (Å²) < 4.78 is 0. The number of aliphatic carboxylic acids is 1. The Morgan fingerprint density at radius 2 is 2.16 bits per heavy atom.